The van der Waals surface area contributed by atoms with Gasteiger partial charge in [0.25, 0.3) is 5.91 Å². The molecule has 6 nitrogen and oxygen atoms in total. The minimum Gasteiger partial charge on any atom is -0.365 e. The van der Waals surface area contributed by atoms with E-state index in [-0.39, 0.29) is 5.91 Å². The lowest BCUT2D eigenvalue weighted by Crippen LogP contribution is -2.49. The van der Waals surface area contributed by atoms with E-state index in [0.29, 0.717) is 36.8 Å². The van der Waals surface area contributed by atoms with E-state index in [1.165, 1.54) is 0 Å². The first-order chi connectivity index (χ1) is 15.0. The van der Waals surface area contributed by atoms with Crippen molar-refractivity contribution in [1.82, 2.24) is 9.88 Å². The number of hydrazone groups is 1. The number of nitrogens with one attached hydrogen (secondary N) is 1. The number of carbonyl (C=O) groups excluding carboxylic acids is 1. The summed E-state index contributed by atoms with van der Waals surface area (Å²) >= 11 is 11.6. The van der Waals surface area contributed by atoms with Gasteiger partial charge in [0.05, 0.1) is 15.4 Å². The predicted molar refractivity (Wildman–Crippen MR) is 134 cm³/mol. The number of aromatic nitrogens is 1. The third-order valence-corrected chi connectivity index (χ3v) is 7.07. The second kappa shape index (κ2) is 9.54. The fourth-order valence-corrected chi connectivity index (χ4v) is 4.78. The summed E-state index contributed by atoms with van der Waals surface area (Å²) in [7, 11) is 0. The van der Waals surface area contributed by atoms with Crippen LogP contribution in [0.4, 0.5) is 10.8 Å². The number of nitrogens with zero attached hydrogens (tertiary/aromatic N) is 4. The van der Waals surface area contributed by atoms with Crippen LogP contribution < -0.4 is 10.3 Å². The topological polar surface area (TPSA) is 60.8 Å². The molecule has 1 N–H and O–H groups in total. The second-order valence-corrected chi connectivity index (χ2v) is 9.71. The lowest BCUT2D eigenvalue weighted by molar-refractivity contribution is 0.0747. The van der Waals surface area contributed by atoms with Crippen LogP contribution in [0.3, 0.4) is 0 Å². The van der Waals surface area contributed by atoms with Gasteiger partial charge in [-0.25, -0.2) is 4.98 Å². The highest BCUT2D eigenvalue weighted by Crippen LogP contribution is 2.38. The molecule has 1 aliphatic rings. The molecular formula is C22H23BrClN5OS. The molecule has 0 radical (unpaired) electrons. The van der Waals surface area contributed by atoms with Crippen molar-refractivity contribution in [1.29, 1.82) is 0 Å². The standard InChI is InChI=1S/C22H23BrClN5OS/c1-3-14(2)26-27-22-25-19-18(31-22)9-8-17(24)20(19)28-10-12-29(13-11-28)21(30)15-4-6-16(23)7-5-15/h4-9H,3,10-13H2,1-2H3,(H,25,27)/b26-14-. The molecule has 0 spiro atoms. The molecule has 0 unspecified atom stereocenters. The monoisotopic (exact) mass is 519 g/mol. The van der Waals surface area contributed by atoms with Gasteiger partial charge in [-0.2, -0.15) is 5.10 Å². The van der Waals surface area contributed by atoms with Crippen molar-refractivity contribution < 1.29 is 4.79 Å². The zero-order chi connectivity index (χ0) is 22.0. The number of rotatable bonds is 5. The molecule has 162 valence electrons. The number of halogens is 2. The Morgan fingerprint density at radius 1 is 1.19 bits per heavy atom. The summed E-state index contributed by atoms with van der Waals surface area (Å²) in [6.07, 6.45) is 0.887. The molecule has 1 aliphatic heterocycles. The second-order valence-electron chi connectivity index (χ2n) is 7.36. The van der Waals surface area contributed by atoms with Crippen molar-refractivity contribution in [3.63, 3.8) is 0 Å². The zero-order valence-electron chi connectivity index (χ0n) is 17.4. The van der Waals surface area contributed by atoms with Crippen LogP contribution >= 0.6 is 38.9 Å². The highest BCUT2D eigenvalue weighted by atomic mass is 79.9. The van der Waals surface area contributed by atoms with Gasteiger partial charge in [-0.05, 0) is 49.7 Å². The average molecular weight is 521 g/mol. The van der Waals surface area contributed by atoms with Gasteiger partial charge in [-0.3, -0.25) is 10.2 Å². The maximum absolute atomic E-state index is 12.8. The smallest absolute Gasteiger partial charge is 0.253 e. The third kappa shape index (κ3) is 4.86. The Morgan fingerprint density at radius 2 is 1.90 bits per heavy atom. The minimum absolute atomic E-state index is 0.0563. The molecule has 31 heavy (non-hydrogen) atoms. The number of carbonyl (C=O) groups is 1. The Balaban J connectivity index is 1.51. The lowest BCUT2D eigenvalue weighted by atomic mass is 10.1. The SMILES string of the molecule is CC/C(C)=N\Nc1nc2c(N3CCN(C(=O)c4ccc(Br)cc4)CC3)c(Cl)ccc2s1. The van der Waals surface area contributed by atoms with Gasteiger partial charge in [-0.1, -0.05) is 45.8 Å². The Labute approximate surface area is 199 Å². The normalized spacial score (nSPS) is 14.9. The molecule has 1 aromatic heterocycles. The summed E-state index contributed by atoms with van der Waals surface area (Å²) in [5.74, 6) is 0.0563. The van der Waals surface area contributed by atoms with Crippen LogP contribution in [0.5, 0.6) is 0 Å². The molecule has 1 saturated heterocycles. The zero-order valence-corrected chi connectivity index (χ0v) is 20.5. The van der Waals surface area contributed by atoms with Crippen LogP contribution in [-0.4, -0.2) is 47.7 Å². The molecule has 9 heteroatoms. The number of hydrogen-bond donors (Lipinski definition) is 1. The Kier molecular flexibility index (Phi) is 6.79. The molecule has 0 saturated carbocycles. The number of benzene rings is 2. The van der Waals surface area contributed by atoms with E-state index >= 15 is 0 Å². The van der Waals surface area contributed by atoms with Crippen molar-refractivity contribution in [3.8, 4) is 0 Å². The first-order valence-corrected chi connectivity index (χ1v) is 12.1. The number of fused-ring (bicyclic) bond motifs is 1. The van der Waals surface area contributed by atoms with Crippen LogP contribution in [0.1, 0.15) is 30.6 Å². The van der Waals surface area contributed by atoms with Crippen molar-refractivity contribution in [2.24, 2.45) is 5.10 Å². The molecule has 2 aromatic carbocycles. The molecule has 3 aromatic rings. The maximum atomic E-state index is 12.8. The van der Waals surface area contributed by atoms with Gasteiger partial charge < -0.3 is 9.80 Å². The van der Waals surface area contributed by atoms with E-state index < -0.39 is 0 Å². The molecule has 1 amide bonds. The molecule has 2 heterocycles. The van der Waals surface area contributed by atoms with Crippen LogP contribution in [0, 0.1) is 0 Å². The Hall–Kier alpha value is -2.16. The fourth-order valence-electron chi connectivity index (χ4n) is 3.43. The summed E-state index contributed by atoms with van der Waals surface area (Å²) in [5, 5.41) is 5.77. The average Bonchev–Trinajstić information content (AvgIpc) is 3.20. The molecule has 0 atom stereocenters. The number of thiazole rings is 1. The summed E-state index contributed by atoms with van der Waals surface area (Å²) in [6.45, 7) is 6.73. The number of piperazine rings is 1. The Bertz CT molecular complexity index is 1120. The fraction of sp³-hybridized carbons (Fsp3) is 0.318. The highest BCUT2D eigenvalue weighted by Gasteiger charge is 2.25. The van der Waals surface area contributed by atoms with E-state index in [0.717, 1.165) is 37.6 Å². The van der Waals surface area contributed by atoms with Crippen molar-refractivity contribution in [2.45, 2.75) is 20.3 Å². The Morgan fingerprint density at radius 3 is 2.58 bits per heavy atom. The summed E-state index contributed by atoms with van der Waals surface area (Å²) in [5.41, 5.74) is 6.58. The molecule has 0 aliphatic carbocycles. The number of anilines is 2. The minimum atomic E-state index is 0.0563. The van der Waals surface area contributed by atoms with Gasteiger partial charge in [0.2, 0.25) is 5.13 Å². The van der Waals surface area contributed by atoms with Crippen LogP contribution in [-0.2, 0) is 0 Å². The van der Waals surface area contributed by atoms with Gasteiger partial charge in [-0.15, -0.1) is 0 Å². The largest absolute Gasteiger partial charge is 0.365 e. The quantitative estimate of drug-likeness (QED) is 0.337. The first kappa shape index (κ1) is 22.0. The number of amides is 1. The van der Waals surface area contributed by atoms with Crippen LogP contribution in [0.2, 0.25) is 5.02 Å². The van der Waals surface area contributed by atoms with E-state index in [1.807, 2.05) is 48.2 Å². The van der Waals surface area contributed by atoms with Crippen molar-refractivity contribution in [2.75, 3.05) is 36.5 Å². The van der Waals surface area contributed by atoms with E-state index in [1.54, 1.807) is 11.3 Å². The summed E-state index contributed by atoms with van der Waals surface area (Å²) in [6, 6.07) is 11.4. The lowest BCUT2D eigenvalue weighted by Gasteiger charge is -2.36. The van der Waals surface area contributed by atoms with Gasteiger partial charge in [0, 0.05) is 41.9 Å². The highest BCUT2D eigenvalue weighted by molar-refractivity contribution is 9.10. The molecular weight excluding hydrogens is 498 g/mol. The number of hydrogen-bond acceptors (Lipinski definition) is 6. The van der Waals surface area contributed by atoms with Gasteiger partial charge in [0.15, 0.2) is 0 Å². The molecule has 4 rings (SSSR count). The van der Waals surface area contributed by atoms with Crippen molar-refractivity contribution in [3.05, 3.63) is 51.5 Å². The van der Waals surface area contributed by atoms with E-state index in [4.69, 9.17) is 16.6 Å². The molecule has 0 bridgehead atoms. The first-order valence-electron chi connectivity index (χ1n) is 10.1. The molecule has 1 fully saturated rings. The third-order valence-electron chi connectivity index (χ3n) is 5.31. The maximum Gasteiger partial charge on any atom is 0.253 e. The van der Waals surface area contributed by atoms with E-state index in [2.05, 4.69) is 38.3 Å². The summed E-state index contributed by atoms with van der Waals surface area (Å²) < 4.78 is 2.02. The van der Waals surface area contributed by atoms with Crippen molar-refractivity contribution >= 4 is 71.5 Å². The van der Waals surface area contributed by atoms with Gasteiger partial charge in [0.1, 0.15) is 5.52 Å². The summed E-state index contributed by atoms with van der Waals surface area (Å²) in [4.78, 5) is 21.7. The van der Waals surface area contributed by atoms with Gasteiger partial charge >= 0.3 is 0 Å². The van der Waals surface area contributed by atoms with E-state index in [9.17, 15) is 4.79 Å². The predicted octanol–water partition coefficient (Wildman–Crippen LogP) is 5.87. The van der Waals surface area contributed by atoms with Crippen LogP contribution in [0.15, 0.2) is 46.0 Å². The van der Waals surface area contributed by atoms with Crippen LogP contribution in [0.25, 0.3) is 10.2 Å².